The number of aromatic nitrogens is 1. The molecule has 1 heterocycles. The minimum atomic E-state index is -0.692. The molecule has 0 spiro atoms. The Balaban J connectivity index is 1.70. The molecule has 184 valence electrons. The highest BCUT2D eigenvalue weighted by molar-refractivity contribution is 7.15. The van der Waals surface area contributed by atoms with Crippen LogP contribution in [-0.2, 0) is 20.7 Å². The quantitative estimate of drug-likeness (QED) is 0.476. The van der Waals surface area contributed by atoms with E-state index in [2.05, 4.69) is 17.6 Å². The molecule has 0 aliphatic heterocycles. The maximum atomic E-state index is 13.2. The van der Waals surface area contributed by atoms with Crippen LogP contribution in [0.2, 0.25) is 0 Å². The van der Waals surface area contributed by atoms with Crippen LogP contribution in [0.15, 0.2) is 30.3 Å². The predicted molar refractivity (Wildman–Crippen MR) is 131 cm³/mol. The van der Waals surface area contributed by atoms with Gasteiger partial charge in [0.25, 0.3) is 5.91 Å². The second-order valence-corrected chi connectivity index (χ2v) is 11.0. The molecule has 0 radical (unpaired) electrons. The number of amides is 2. The number of nitrogens with zero attached hydrogens (tertiary/aromatic N) is 1. The molecule has 0 unspecified atom stereocenters. The number of carbonyl (C=O) groups is 2. The highest BCUT2D eigenvalue weighted by Crippen LogP contribution is 2.62. The summed E-state index contributed by atoms with van der Waals surface area (Å²) in [6.07, 6.45) is 1.51. The van der Waals surface area contributed by atoms with Gasteiger partial charge in [-0.1, -0.05) is 32.0 Å². The van der Waals surface area contributed by atoms with E-state index >= 15 is 0 Å². The van der Waals surface area contributed by atoms with Crippen molar-refractivity contribution in [3.63, 3.8) is 0 Å². The average molecular weight is 488 g/mol. The molecule has 0 saturated heterocycles. The third-order valence-corrected chi connectivity index (χ3v) is 8.87. The van der Waals surface area contributed by atoms with Gasteiger partial charge in [0.1, 0.15) is 6.61 Å². The highest BCUT2D eigenvalue weighted by Gasteiger charge is 2.59. The Morgan fingerprint density at radius 1 is 1.21 bits per heavy atom. The summed E-state index contributed by atoms with van der Waals surface area (Å²) in [4.78, 5) is 31.0. The van der Waals surface area contributed by atoms with Gasteiger partial charge in [0.2, 0.25) is 5.91 Å². The number of para-hydroxylation sites is 1. The fourth-order valence-corrected chi connectivity index (χ4v) is 6.99. The van der Waals surface area contributed by atoms with Crippen molar-refractivity contribution < 1.29 is 24.5 Å². The van der Waals surface area contributed by atoms with Crippen LogP contribution in [0.25, 0.3) is 0 Å². The van der Waals surface area contributed by atoms with E-state index in [9.17, 15) is 19.8 Å². The van der Waals surface area contributed by atoms with E-state index in [1.807, 2.05) is 37.3 Å². The molecule has 9 heteroatoms. The number of carbonyl (C=O) groups excluding carboxylic acids is 2. The van der Waals surface area contributed by atoms with Crippen LogP contribution >= 0.6 is 11.3 Å². The maximum Gasteiger partial charge on any atom is 0.252 e. The SMILES string of the molecule is COCC(=O)Nc1nc2c(s1)C[C@@H]1[C@](C)(CO)[C@H](O)CC[C@@]1(C)[C@@H]2CC(=O)Nc1ccccc1. The molecular weight excluding hydrogens is 454 g/mol. The maximum absolute atomic E-state index is 13.2. The van der Waals surface area contributed by atoms with Crippen molar-refractivity contribution in [3.8, 4) is 0 Å². The van der Waals surface area contributed by atoms with Crippen molar-refractivity contribution in [1.29, 1.82) is 0 Å². The van der Waals surface area contributed by atoms with Crippen LogP contribution in [0, 0.1) is 16.7 Å². The first kappa shape index (κ1) is 24.8. The number of hydrogen-bond acceptors (Lipinski definition) is 7. The molecule has 4 N–H and O–H groups in total. The molecule has 2 amide bonds. The minimum Gasteiger partial charge on any atom is -0.396 e. The van der Waals surface area contributed by atoms with Gasteiger partial charge in [-0.3, -0.25) is 14.9 Å². The summed E-state index contributed by atoms with van der Waals surface area (Å²) < 4.78 is 4.91. The van der Waals surface area contributed by atoms with Crippen LogP contribution in [0.3, 0.4) is 0 Å². The lowest BCUT2D eigenvalue weighted by Gasteiger charge is -2.58. The number of aliphatic hydroxyl groups is 2. The number of rotatable bonds is 7. The van der Waals surface area contributed by atoms with Crippen molar-refractivity contribution in [1.82, 2.24) is 4.98 Å². The van der Waals surface area contributed by atoms with Crippen LogP contribution in [-0.4, -0.2) is 53.4 Å². The number of hydrogen-bond donors (Lipinski definition) is 4. The third kappa shape index (κ3) is 4.49. The second-order valence-electron chi connectivity index (χ2n) is 9.96. The fraction of sp³-hybridized carbons (Fsp3) is 0.560. The summed E-state index contributed by atoms with van der Waals surface area (Å²) >= 11 is 1.40. The summed E-state index contributed by atoms with van der Waals surface area (Å²) in [6.45, 7) is 3.89. The van der Waals surface area contributed by atoms with E-state index < -0.39 is 11.5 Å². The Bertz CT molecular complexity index is 1040. The molecule has 5 atom stereocenters. The standard InChI is InChI=1S/C25H33N3O5S/c1-24-10-9-19(30)25(2,14-29)18(24)12-17-22(28-23(34-17)27-21(32)13-33-3)16(24)11-20(31)26-15-7-5-4-6-8-15/h4-8,16,18-19,29-30H,9-14H2,1-3H3,(H,26,31)(H,27,28,32)/t16-,18+,19-,24+,25+/m1/s1. The molecule has 1 aromatic heterocycles. The first-order valence-electron chi connectivity index (χ1n) is 11.6. The molecule has 2 aliphatic rings. The lowest BCUT2D eigenvalue weighted by atomic mass is 9.47. The Labute approximate surface area is 203 Å². The van der Waals surface area contributed by atoms with Gasteiger partial charge in [-0.05, 0) is 42.7 Å². The fourth-order valence-electron chi connectivity index (χ4n) is 5.90. The molecule has 2 aliphatic carbocycles. The van der Waals surface area contributed by atoms with Crippen LogP contribution < -0.4 is 10.6 Å². The Morgan fingerprint density at radius 3 is 2.62 bits per heavy atom. The van der Waals surface area contributed by atoms with Crippen LogP contribution in [0.1, 0.15) is 49.6 Å². The summed E-state index contributed by atoms with van der Waals surface area (Å²) in [6, 6.07) is 9.33. The number of thiazole rings is 1. The zero-order valence-electron chi connectivity index (χ0n) is 19.8. The lowest BCUT2D eigenvalue weighted by molar-refractivity contribution is -0.143. The first-order valence-corrected chi connectivity index (χ1v) is 12.4. The number of ether oxygens (including phenoxy) is 1. The molecule has 1 fully saturated rings. The van der Waals surface area contributed by atoms with Gasteiger partial charge in [0.15, 0.2) is 5.13 Å². The van der Waals surface area contributed by atoms with Crippen molar-refractivity contribution in [2.45, 2.75) is 51.6 Å². The summed E-state index contributed by atoms with van der Waals surface area (Å²) in [5.41, 5.74) is 0.522. The van der Waals surface area contributed by atoms with Gasteiger partial charge in [-0.2, -0.15) is 0 Å². The van der Waals surface area contributed by atoms with Gasteiger partial charge in [0.05, 0.1) is 18.4 Å². The number of benzene rings is 1. The van der Waals surface area contributed by atoms with E-state index in [0.29, 0.717) is 18.0 Å². The van der Waals surface area contributed by atoms with Gasteiger partial charge >= 0.3 is 0 Å². The summed E-state index contributed by atoms with van der Waals surface area (Å²) in [5, 5.41) is 27.5. The van der Waals surface area contributed by atoms with E-state index in [1.54, 1.807) is 0 Å². The molecule has 8 nitrogen and oxygen atoms in total. The summed E-state index contributed by atoms with van der Waals surface area (Å²) in [5.74, 6) is -0.656. The highest BCUT2D eigenvalue weighted by atomic mass is 32.1. The van der Waals surface area contributed by atoms with Gasteiger partial charge in [-0.25, -0.2) is 4.98 Å². The summed E-state index contributed by atoms with van der Waals surface area (Å²) in [7, 11) is 1.46. The largest absolute Gasteiger partial charge is 0.396 e. The van der Waals surface area contributed by atoms with Crippen molar-refractivity contribution in [3.05, 3.63) is 40.9 Å². The second kappa shape index (κ2) is 9.73. The predicted octanol–water partition coefficient (Wildman–Crippen LogP) is 3.17. The van der Waals surface area contributed by atoms with Gasteiger partial charge < -0.3 is 20.3 Å². The smallest absolute Gasteiger partial charge is 0.252 e. The average Bonchev–Trinajstić information content (AvgIpc) is 3.20. The van der Waals surface area contributed by atoms with E-state index in [4.69, 9.17) is 9.72 Å². The molecule has 1 aromatic carbocycles. The van der Waals surface area contributed by atoms with E-state index in [1.165, 1.54) is 18.4 Å². The van der Waals surface area contributed by atoms with Gasteiger partial charge in [0, 0.05) is 35.4 Å². The van der Waals surface area contributed by atoms with E-state index in [-0.39, 0.29) is 48.7 Å². The third-order valence-electron chi connectivity index (χ3n) is 7.86. The molecule has 1 saturated carbocycles. The Morgan fingerprint density at radius 2 is 1.94 bits per heavy atom. The molecule has 34 heavy (non-hydrogen) atoms. The van der Waals surface area contributed by atoms with Crippen LogP contribution in [0.4, 0.5) is 10.8 Å². The zero-order chi connectivity index (χ0) is 24.5. The van der Waals surface area contributed by atoms with E-state index in [0.717, 1.165) is 22.7 Å². The number of aliphatic hydroxyl groups excluding tert-OH is 2. The molecule has 2 aromatic rings. The number of methoxy groups -OCH3 is 1. The number of fused-ring (bicyclic) bond motifs is 2. The molecular formula is C25H33N3O5S. The van der Waals surface area contributed by atoms with Crippen molar-refractivity contribution in [2.24, 2.45) is 16.7 Å². The molecule has 0 bridgehead atoms. The number of nitrogens with one attached hydrogen (secondary N) is 2. The number of anilines is 2. The first-order chi connectivity index (χ1) is 16.2. The monoisotopic (exact) mass is 487 g/mol. The van der Waals surface area contributed by atoms with Crippen molar-refractivity contribution >= 4 is 34.0 Å². The normalized spacial score (nSPS) is 30.2. The lowest BCUT2D eigenvalue weighted by Crippen LogP contribution is -2.57. The van der Waals surface area contributed by atoms with Crippen LogP contribution in [0.5, 0.6) is 0 Å². The Kier molecular flexibility index (Phi) is 7.09. The Hall–Kier alpha value is -2.33. The topological polar surface area (TPSA) is 121 Å². The minimum absolute atomic E-state index is 0.0428. The molecule has 4 rings (SSSR count). The van der Waals surface area contributed by atoms with Crippen molar-refractivity contribution in [2.75, 3.05) is 31.0 Å². The zero-order valence-corrected chi connectivity index (χ0v) is 20.7. The van der Waals surface area contributed by atoms with Gasteiger partial charge in [-0.15, -0.1) is 11.3 Å².